The lowest BCUT2D eigenvalue weighted by atomic mass is 10.3. The minimum absolute atomic E-state index is 0.141. The number of pyridine rings is 1. The van der Waals surface area contributed by atoms with Crippen LogP contribution in [0.4, 0.5) is 4.39 Å². The third-order valence-corrected chi connectivity index (χ3v) is 1.60. The van der Waals surface area contributed by atoms with Crippen molar-refractivity contribution < 1.29 is 13.9 Å². The molecule has 0 N–H and O–H groups in total. The average molecular weight is 204 g/mol. The normalized spacial score (nSPS) is 9.77. The van der Waals surface area contributed by atoms with Gasteiger partial charge in [-0.15, -0.1) is 0 Å². The SMILES string of the molecule is CCOC(=O)c1nccc(Cl)c1F. The first-order chi connectivity index (χ1) is 6.16. The molecule has 0 unspecified atom stereocenters. The molecule has 0 spiro atoms. The lowest BCUT2D eigenvalue weighted by Crippen LogP contribution is -2.09. The van der Waals surface area contributed by atoms with Crippen molar-refractivity contribution in [1.82, 2.24) is 4.98 Å². The van der Waals surface area contributed by atoms with E-state index >= 15 is 0 Å². The average Bonchev–Trinajstić information content (AvgIpc) is 2.10. The van der Waals surface area contributed by atoms with E-state index in [1.165, 1.54) is 12.3 Å². The molecule has 0 aliphatic heterocycles. The van der Waals surface area contributed by atoms with Crippen molar-refractivity contribution in [2.24, 2.45) is 0 Å². The molecule has 0 bridgehead atoms. The number of hydrogen-bond acceptors (Lipinski definition) is 3. The van der Waals surface area contributed by atoms with Gasteiger partial charge >= 0.3 is 5.97 Å². The Hall–Kier alpha value is -1.16. The van der Waals surface area contributed by atoms with Crippen LogP contribution in [0.25, 0.3) is 0 Å². The van der Waals surface area contributed by atoms with Crippen molar-refractivity contribution >= 4 is 17.6 Å². The van der Waals surface area contributed by atoms with Crippen LogP contribution in [0.2, 0.25) is 5.02 Å². The molecule has 0 aliphatic carbocycles. The van der Waals surface area contributed by atoms with E-state index in [1.54, 1.807) is 6.92 Å². The molecule has 13 heavy (non-hydrogen) atoms. The van der Waals surface area contributed by atoms with Crippen LogP contribution in [0, 0.1) is 5.82 Å². The molecule has 0 saturated heterocycles. The maximum Gasteiger partial charge on any atom is 0.360 e. The summed E-state index contributed by atoms with van der Waals surface area (Å²) < 4.78 is 17.6. The first-order valence-electron chi connectivity index (χ1n) is 3.64. The first-order valence-corrected chi connectivity index (χ1v) is 4.01. The Bertz CT molecular complexity index is 330. The highest BCUT2D eigenvalue weighted by molar-refractivity contribution is 6.31. The predicted octanol–water partition coefficient (Wildman–Crippen LogP) is 2.05. The maximum atomic E-state index is 13.1. The number of hydrogen-bond donors (Lipinski definition) is 0. The molecule has 0 amide bonds. The number of rotatable bonds is 2. The fourth-order valence-corrected chi connectivity index (χ4v) is 0.908. The number of carbonyl (C=O) groups excluding carboxylic acids is 1. The van der Waals surface area contributed by atoms with E-state index in [1.807, 2.05) is 0 Å². The molecule has 1 heterocycles. The summed E-state index contributed by atoms with van der Waals surface area (Å²) in [5, 5.41) is -0.141. The van der Waals surface area contributed by atoms with Crippen LogP contribution in [-0.4, -0.2) is 17.6 Å². The van der Waals surface area contributed by atoms with Crippen molar-refractivity contribution in [3.8, 4) is 0 Å². The van der Waals surface area contributed by atoms with E-state index in [2.05, 4.69) is 9.72 Å². The minimum atomic E-state index is -0.845. The van der Waals surface area contributed by atoms with Crippen molar-refractivity contribution in [2.75, 3.05) is 6.61 Å². The fraction of sp³-hybridized carbons (Fsp3) is 0.250. The van der Waals surface area contributed by atoms with Gasteiger partial charge in [0.25, 0.3) is 0 Å². The number of halogens is 2. The van der Waals surface area contributed by atoms with Crippen LogP contribution in [0.5, 0.6) is 0 Å². The second kappa shape index (κ2) is 4.18. The molecule has 3 nitrogen and oxygen atoms in total. The van der Waals surface area contributed by atoms with Gasteiger partial charge in [0.1, 0.15) is 0 Å². The molecule has 70 valence electrons. The van der Waals surface area contributed by atoms with Crippen LogP contribution >= 0.6 is 11.6 Å². The molecule has 0 radical (unpaired) electrons. The summed E-state index contributed by atoms with van der Waals surface area (Å²) in [5.41, 5.74) is -0.380. The molecule has 0 fully saturated rings. The molecule has 0 aliphatic rings. The summed E-state index contributed by atoms with van der Waals surface area (Å²) in [6, 6.07) is 1.26. The van der Waals surface area contributed by atoms with Gasteiger partial charge < -0.3 is 4.74 Å². The highest BCUT2D eigenvalue weighted by Crippen LogP contribution is 2.16. The smallest absolute Gasteiger partial charge is 0.360 e. The third kappa shape index (κ3) is 2.15. The molecule has 1 aromatic rings. The van der Waals surface area contributed by atoms with E-state index in [-0.39, 0.29) is 17.3 Å². The zero-order valence-electron chi connectivity index (χ0n) is 6.88. The van der Waals surface area contributed by atoms with Gasteiger partial charge in [-0.1, -0.05) is 11.6 Å². The standard InChI is InChI=1S/C8H7ClFNO2/c1-2-13-8(12)7-6(10)5(9)3-4-11-7/h3-4H,2H2,1H3. The van der Waals surface area contributed by atoms with Gasteiger partial charge in [-0.25, -0.2) is 14.2 Å². The topological polar surface area (TPSA) is 39.2 Å². The van der Waals surface area contributed by atoms with Crippen LogP contribution < -0.4 is 0 Å². The zero-order chi connectivity index (χ0) is 9.84. The summed E-state index contributed by atoms with van der Waals surface area (Å²) >= 11 is 5.44. The Balaban J connectivity index is 3.01. The van der Waals surface area contributed by atoms with Crippen molar-refractivity contribution in [1.29, 1.82) is 0 Å². The Kier molecular flexibility index (Phi) is 3.19. The van der Waals surface area contributed by atoms with Crippen molar-refractivity contribution in [3.05, 3.63) is 28.8 Å². The van der Waals surface area contributed by atoms with E-state index in [0.717, 1.165) is 0 Å². The number of esters is 1. The van der Waals surface area contributed by atoms with Crippen molar-refractivity contribution in [2.45, 2.75) is 6.92 Å². The summed E-state index contributed by atoms with van der Waals surface area (Å²) in [5.74, 6) is -1.65. The van der Waals surface area contributed by atoms with Crippen LogP contribution in [0.15, 0.2) is 12.3 Å². The van der Waals surface area contributed by atoms with Crippen LogP contribution in [0.1, 0.15) is 17.4 Å². The molecule has 0 aromatic carbocycles. The van der Waals surface area contributed by atoms with Crippen molar-refractivity contribution in [3.63, 3.8) is 0 Å². The number of carbonyl (C=O) groups is 1. The maximum absolute atomic E-state index is 13.1. The van der Waals surface area contributed by atoms with E-state index in [0.29, 0.717) is 0 Å². The molecule has 1 rings (SSSR count). The molecule has 1 aromatic heterocycles. The first kappa shape index (κ1) is 9.92. The predicted molar refractivity (Wildman–Crippen MR) is 45.2 cm³/mol. The Morgan fingerprint density at radius 2 is 2.46 bits per heavy atom. The quantitative estimate of drug-likeness (QED) is 0.691. The fourth-order valence-electron chi connectivity index (χ4n) is 0.762. The van der Waals surface area contributed by atoms with E-state index in [4.69, 9.17) is 11.6 Å². The van der Waals surface area contributed by atoms with Gasteiger partial charge in [0, 0.05) is 6.20 Å². The number of aromatic nitrogens is 1. The second-order valence-corrected chi connectivity index (χ2v) is 2.58. The van der Waals surface area contributed by atoms with Gasteiger partial charge in [0.05, 0.1) is 11.6 Å². The Labute approximate surface area is 79.5 Å². The van der Waals surface area contributed by atoms with Gasteiger partial charge in [-0.05, 0) is 13.0 Å². The van der Waals surface area contributed by atoms with Gasteiger partial charge in [0.2, 0.25) is 0 Å². The molecule has 5 heteroatoms. The summed E-state index contributed by atoms with van der Waals surface area (Å²) in [7, 11) is 0. The number of nitrogens with zero attached hydrogens (tertiary/aromatic N) is 1. The lowest BCUT2D eigenvalue weighted by molar-refractivity contribution is 0.0513. The van der Waals surface area contributed by atoms with Gasteiger partial charge in [-0.3, -0.25) is 0 Å². The number of ether oxygens (including phenoxy) is 1. The highest BCUT2D eigenvalue weighted by Gasteiger charge is 2.16. The highest BCUT2D eigenvalue weighted by atomic mass is 35.5. The molecular formula is C8H7ClFNO2. The lowest BCUT2D eigenvalue weighted by Gasteiger charge is -2.02. The minimum Gasteiger partial charge on any atom is -0.461 e. The third-order valence-electron chi connectivity index (χ3n) is 1.31. The summed E-state index contributed by atoms with van der Waals surface area (Å²) in [4.78, 5) is 14.6. The van der Waals surface area contributed by atoms with Crippen LogP contribution in [-0.2, 0) is 4.74 Å². The van der Waals surface area contributed by atoms with Gasteiger partial charge in [0.15, 0.2) is 11.5 Å². The second-order valence-electron chi connectivity index (χ2n) is 2.18. The monoisotopic (exact) mass is 203 g/mol. The zero-order valence-corrected chi connectivity index (χ0v) is 7.64. The largest absolute Gasteiger partial charge is 0.461 e. The van der Waals surface area contributed by atoms with Gasteiger partial charge in [-0.2, -0.15) is 0 Å². The van der Waals surface area contributed by atoms with E-state index in [9.17, 15) is 9.18 Å². The van der Waals surface area contributed by atoms with Crippen LogP contribution in [0.3, 0.4) is 0 Å². The van der Waals surface area contributed by atoms with E-state index < -0.39 is 11.8 Å². The summed E-state index contributed by atoms with van der Waals surface area (Å²) in [6.45, 7) is 1.80. The Morgan fingerprint density at radius 1 is 1.77 bits per heavy atom. The molecule has 0 saturated carbocycles. The Morgan fingerprint density at radius 3 is 3.08 bits per heavy atom. The summed E-state index contributed by atoms with van der Waals surface area (Å²) in [6.07, 6.45) is 1.25. The molecule has 0 atom stereocenters. The molecular weight excluding hydrogens is 197 g/mol.